The fourth-order valence-electron chi connectivity index (χ4n) is 1.21. The van der Waals surface area contributed by atoms with Crippen LogP contribution < -0.4 is 0 Å². The molecule has 0 bridgehead atoms. The van der Waals surface area contributed by atoms with Gasteiger partial charge in [-0.15, -0.1) is 0 Å². The number of carbonyl (C=O) groups is 1. The molecule has 0 aliphatic heterocycles. The molecule has 0 saturated carbocycles. The lowest BCUT2D eigenvalue weighted by Crippen LogP contribution is -2.12. The van der Waals surface area contributed by atoms with E-state index in [0.29, 0.717) is 5.56 Å². The third-order valence-electron chi connectivity index (χ3n) is 2.03. The minimum Gasteiger partial charge on any atom is -0.465 e. The predicted octanol–water partition coefficient (Wildman–Crippen LogP) is 1.89. The molecule has 1 aromatic carbocycles. The van der Waals surface area contributed by atoms with Crippen molar-refractivity contribution in [3.05, 3.63) is 38.9 Å². The molecule has 0 saturated heterocycles. The monoisotopic (exact) mass is 318 g/mol. The third kappa shape index (κ3) is 5.06. The van der Waals surface area contributed by atoms with Crippen molar-refractivity contribution in [1.82, 2.24) is 0 Å². The Kier molecular flexibility index (Phi) is 6.26. The van der Waals surface area contributed by atoms with Gasteiger partial charge in [0.1, 0.15) is 10.8 Å². The second-order valence-corrected chi connectivity index (χ2v) is 5.02. The summed E-state index contributed by atoms with van der Waals surface area (Å²) in [6.45, 7) is 1.83. The van der Waals surface area contributed by atoms with Gasteiger partial charge in [0.25, 0.3) is 5.69 Å². The molecule has 108 valence electrons. The van der Waals surface area contributed by atoms with Gasteiger partial charge in [-0.1, -0.05) is 17.7 Å². The molecular formula is C11H11ClN2O5S. The standard InChI is InChI=1S/C11H11ClN2O5S/c1-2-19-11(15)7-20(18)13-6-8-3-4-9(12)10(5-8)14(16)17/h3-6H,2,7H2,1H3/b13-6+/t20-/m0/s1. The Bertz CT molecular complexity index is 576. The number of halogens is 1. The van der Waals surface area contributed by atoms with E-state index in [1.54, 1.807) is 6.92 Å². The van der Waals surface area contributed by atoms with Crippen LogP contribution in [0.25, 0.3) is 0 Å². The number of nitro benzene ring substituents is 1. The van der Waals surface area contributed by atoms with Gasteiger partial charge in [0.2, 0.25) is 0 Å². The van der Waals surface area contributed by atoms with E-state index in [9.17, 15) is 19.1 Å². The van der Waals surface area contributed by atoms with Crippen LogP contribution in [0.3, 0.4) is 0 Å². The van der Waals surface area contributed by atoms with Crippen molar-refractivity contribution in [2.75, 3.05) is 12.4 Å². The van der Waals surface area contributed by atoms with Crippen LogP contribution >= 0.6 is 11.6 Å². The SMILES string of the molecule is CCOC(=O)C[S@](=O)/N=C/c1ccc(Cl)c([N+](=O)[O-])c1. The normalized spacial score (nSPS) is 12.3. The number of nitrogens with zero attached hydrogens (tertiary/aromatic N) is 2. The fraction of sp³-hybridized carbons (Fsp3) is 0.273. The van der Waals surface area contributed by atoms with Crippen LogP contribution in [0, 0.1) is 10.1 Å². The Balaban J connectivity index is 2.75. The molecule has 0 aromatic heterocycles. The number of esters is 1. The number of hydrogen-bond donors (Lipinski definition) is 0. The molecule has 9 heteroatoms. The Labute approximate surface area is 122 Å². The zero-order valence-corrected chi connectivity index (χ0v) is 12.0. The van der Waals surface area contributed by atoms with Gasteiger partial charge in [0.05, 0.1) is 11.5 Å². The van der Waals surface area contributed by atoms with Crippen LogP contribution in [0.4, 0.5) is 5.69 Å². The summed E-state index contributed by atoms with van der Waals surface area (Å²) in [5.41, 5.74) is 0.0881. The summed E-state index contributed by atoms with van der Waals surface area (Å²) in [6.07, 6.45) is 1.18. The lowest BCUT2D eigenvalue weighted by Gasteiger charge is -1.99. The maximum atomic E-state index is 11.4. The highest BCUT2D eigenvalue weighted by Gasteiger charge is 2.12. The van der Waals surface area contributed by atoms with Crippen molar-refractivity contribution in [3.63, 3.8) is 0 Å². The summed E-state index contributed by atoms with van der Waals surface area (Å²) in [5, 5.41) is 10.7. The van der Waals surface area contributed by atoms with Crippen molar-refractivity contribution in [2.24, 2.45) is 4.40 Å². The highest BCUT2D eigenvalue weighted by molar-refractivity contribution is 7.84. The molecule has 0 unspecified atom stereocenters. The van der Waals surface area contributed by atoms with Crippen molar-refractivity contribution in [2.45, 2.75) is 6.92 Å². The fourth-order valence-corrected chi connectivity index (χ4v) is 2.00. The van der Waals surface area contributed by atoms with Gasteiger partial charge in [-0.2, -0.15) is 4.40 Å². The van der Waals surface area contributed by atoms with Gasteiger partial charge >= 0.3 is 5.97 Å². The Hall–Kier alpha value is -1.80. The van der Waals surface area contributed by atoms with Crippen molar-refractivity contribution in [3.8, 4) is 0 Å². The molecule has 0 N–H and O–H groups in total. The number of nitro groups is 1. The van der Waals surface area contributed by atoms with E-state index < -0.39 is 21.9 Å². The zero-order valence-electron chi connectivity index (χ0n) is 10.4. The van der Waals surface area contributed by atoms with Crippen LogP contribution in [0.5, 0.6) is 0 Å². The lowest BCUT2D eigenvalue weighted by atomic mass is 10.2. The van der Waals surface area contributed by atoms with Crippen LogP contribution in [-0.2, 0) is 20.5 Å². The van der Waals surface area contributed by atoms with Crippen molar-refractivity contribution >= 4 is 40.5 Å². The topological polar surface area (TPSA) is 98.9 Å². The average Bonchev–Trinajstić information content (AvgIpc) is 2.37. The molecule has 0 radical (unpaired) electrons. The summed E-state index contributed by atoms with van der Waals surface area (Å²) in [5.74, 6) is -0.981. The molecule has 20 heavy (non-hydrogen) atoms. The largest absolute Gasteiger partial charge is 0.465 e. The van der Waals surface area contributed by atoms with Crippen molar-refractivity contribution in [1.29, 1.82) is 0 Å². The first-order chi connectivity index (χ1) is 9.43. The molecular weight excluding hydrogens is 308 g/mol. The van der Waals surface area contributed by atoms with Crippen LogP contribution in [-0.4, -0.2) is 33.7 Å². The highest BCUT2D eigenvalue weighted by atomic mass is 35.5. The minimum absolute atomic E-state index is 0.000189. The van der Waals surface area contributed by atoms with Gasteiger partial charge in [-0.05, 0) is 13.0 Å². The molecule has 7 nitrogen and oxygen atoms in total. The van der Waals surface area contributed by atoms with Gasteiger partial charge < -0.3 is 4.74 Å². The quantitative estimate of drug-likeness (QED) is 0.345. The van der Waals surface area contributed by atoms with Crippen LogP contribution in [0.1, 0.15) is 12.5 Å². The molecule has 0 fully saturated rings. The van der Waals surface area contributed by atoms with E-state index in [4.69, 9.17) is 11.6 Å². The maximum Gasteiger partial charge on any atom is 0.320 e. The number of benzene rings is 1. The average molecular weight is 319 g/mol. The van der Waals surface area contributed by atoms with E-state index in [2.05, 4.69) is 9.13 Å². The first-order valence-corrected chi connectivity index (χ1v) is 7.11. The first kappa shape index (κ1) is 16.3. The van der Waals surface area contributed by atoms with E-state index in [1.807, 2.05) is 0 Å². The van der Waals surface area contributed by atoms with E-state index in [1.165, 1.54) is 24.4 Å². The Morgan fingerprint density at radius 3 is 2.90 bits per heavy atom. The summed E-state index contributed by atoms with van der Waals surface area (Å²) in [7, 11) is -1.78. The summed E-state index contributed by atoms with van der Waals surface area (Å²) >= 11 is 5.65. The number of ether oxygens (including phenoxy) is 1. The molecule has 0 spiro atoms. The van der Waals surface area contributed by atoms with Gasteiger partial charge in [-0.25, -0.2) is 4.21 Å². The Morgan fingerprint density at radius 2 is 2.30 bits per heavy atom. The molecule has 0 aliphatic carbocycles. The van der Waals surface area contributed by atoms with E-state index in [0.717, 1.165) is 0 Å². The van der Waals surface area contributed by atoms with Gasteiger partial charge in [0, 0.05) is 17.8 Å². The summed E-state index contributed by atoms with van der Waals surface area (Å²) in [4.78, 5) is 21.1. The molecule has 0 aliphatic rings. The summed E-state index contributed by atoms with van der Waals surface area (Å²) in [6, 6.07) is 4.03. The molecule has 1 rings (SSSR count). The van der Waals surface area contributed by atoms with Crippen LogP contribution in [0.15, 0.2) is 22.6 Å². The number of hydrogen-bond acceptors (Lipinski definition) is 5. The molecule has 0 amide bonds. The third-order valence-corrected chi connectivity index (χ3v) is 3.18. The minimum atomic E-state index is -1.78. The zero-order chi connectivity index (χ0) is 15.1. The van der Waals surface area contributed by atoms with Gasteiger partial charge in [-0.3, -0.25) is 14.9 Å². The van der Waals surface area contributed by atoms with Crippen molar-refractivity contribution < 1.29 is 18.7 Å². The molecule has 1 atom stereocenters. The van der Waals surface area contributed by atoms with Gasteiger partial charge in [0.15, 0.2) is 11.0 Å². The smallest absolute Gasteiger partial charge is 0.320 e. The van der Waals surface area contributed by atoms with E-state index >= 15 is 0 Å². The lowest BCUT2D eigenvalue weighted by molar-refractivity contribution is -0.384. The van der Waals surface area contributed by atoms with Crippen LogP contribution in [0.2, 0.25) is 5.02 Å². The number of carbonyl (C=O) groups excluding carboxylic acids is 1. The molecule has 1 aromatic rings. The number of rotatable bonds is 6. The van der Waals surface area contributed by atoms with E-state index in [-0.39, 0.29) is 23.1 Å². The summed E-state index contributed by atoms with van der Waals surface area (Å²) < 4.78 is 19.7. The second kappa shape index (κ2) is 7.71. The predicted molar refractivity (Wildman–Crippen MR) is 75.3 cm³/mol. The Morgan fingerprint density at radius 1 is 1.60 bits per heavy atom. The molecule has 0 heterocycles. The first-order valence-electron chi connectivity index (χ1n) is 5.46. The second-order valence-electron chi connectivity index (χ2n) is 3.47. The maximum absolute atomic E-state index is 11.4. The highest BCUT2D eigenvalue weighted by Crippen LogP contribution is 2.24.